The number of aliphatic hydroxyl groups is 7. The molecule has 2 fully saturated rings. The summed E-state index contributed by atoms with van der Waals surface area (Å²) in [5.74, 6) is -3.13. The summed E-state index contributed by atoms with van der Waals surface area (Å²) in [4.78, 5) is 13.7. The van der Waals surface area contributed by atoms with Crippen molar-refractivity contribution in [1.82, 2.24) is 0 Å². The van der Waals surface area contributed by atoms with Gasteiger partial charge in [0, 0.05) is 17.7 Å². The molecule has 10 N–H and O–H groups in total. The van der Waals surface area contributed by atoms with Crippen molar-refractivity contribution in [3.05, 3.63) is 40.6 Å². The van der Waals surface area contributed by atoms with E-state index in [0.717, 1.165) is 24.3 Å². The third kappa shape index (κ3) is 5.31. The summed E-state index contributed by atoms with van der Waals surface area (Å²) in [5, 5.41) is 100. The average molecular weight is 596 g/mol. The predicted octanol–water partition coefficient (Wildman–Crippen LogP) is -2.43. The van der Waals surface area contributed by atoms with Crippen LogP contribution in [0.1, 0.15) is 0 Å². The van der Waals surface area contributed by atoms with E-state index >= 15 is 0 Å². The number of ether oxygens (including phenoxy) is 4. The fourth-order valence-electron chi connectivity index (χ4n) is 4.59. The highest BCUT2D eigenvalue weighted by molar-refractivity contribution is 5.88. The van der Waals surface area contributed by atoms with E-state index in [0.29, 0.717) is 0 Å². The lowest BCUT2D eigenvalue weighted by molar-refractivity contribution is -0.277. The average Bonchev–Trinajstić information content (AvgIpc) is 2.96. The van der Waals surface area contributed by atoms with E-state index in [9.17, 15) is 55.9 Å². The minimum atomic E-state index is -1.92. The van der Waals surface area contributed by atoms with Crippen LogP contribution >= 0.6 is 0 Å². The summed E-state index contributed by atoms with van der Waals surface area (Å²) in [7, 11) is 0. The normalized spacial score (nSPS) is 31.6. The number of phenols is 3. The van der Waals surface area contributed by atoms with Gasteiger partial charge in [-0.1, -0.05) is 0 Å². The Morgan fingerprint density at radius 1 is 0.786 bits per heavy atom. The summed E-state index contributed by atoms with van der Waals surface area (Å²) in [6.45, 7) is -1.15. The smallest absolute Gasteiger partial charge is 0.239 e. The standard InChI is InChI=1S/C26H28O16/c27-6-15-18(33)20(35)22(37)26(41-15)42-24-19(34)16-12(30)4-9(39-25-21(36)17(32)13(31)7-38-25)5-14(16)40-23(24)8-1-2-10(28)11(29)3-8/h1-5,13,15,17-18,20-22,25-33,35-37H,6-7H2. The van der Waals surface area contributed by atoms with E-state index in [1.165, 1.54) is 6.07 Å². The number of rotatable bonds is 6. The number of fused-ring (bicyclic) bond motifs is 1. The van der Waals surface area contributed by atoms with Gasteiger partial charge in [0.05, 0.1) is 13.2 Å². The quantitative estimate of drug-likeness (QED) is 0.133. The molecule has 0 aliphatic carbocycles. The van der Waals surface area contributed by atoms with Gasteiger partial charge in [0.25, 0.3) is 0 Å². The first-order valence-electron chi connectivity index (χ1n) is 12.6. The molecule has 3 heterocycles. The van der Waals surface area contributed by atoms with E-state index < -0.39 is 101 Å². The summed E-state index contributed by atoms with van der Waals surface area (Å²) < 4.78 is 27.5. The molecular formula is C26H28O16. The van der Waals surface area contributed by atoms with Crippen LogP contribution in [0.25, 0.3) is 22.3 Å². The van der Waals surface area contributed by atoms with Gasteiger partial charge < -0.3 is 74.4 Å². The SMILES string of the molecule is O=c1c(OC2OC(CO)C(O)C(O)C2O)c(-c2ccc(O)c(O)c2)oc2cc(OC3OCC(O)C(O)C3O)cc(O)c12. The minimum Gasteiger partial charge on any atom is -0.507 e. The van der Waals surface area contributed by atoms with Crippen LogP contribution in [0.2, 0.25) is 0 Å². The van der Waals surface area contributed by atoms with E-state index in [4.69, 9.17) is 23.4 Å². The molecule has 1 aromatic heterocycles. The van der Waals surface area contributed by atoms with Gasteiger partial charge >= 0.3 is 0 Å². The molecule has 9 unspecified atom stereocenters. The zero-order chi connectivity index (χ0) is 30.5. The highest BCUT2D eigenvalue weighted by Crippen LogP contribution is 2.40. The third-order valence-corrected chi connectivity index (χ3v) is 6.93. The van der Waals surface area contributed by atoms with Crippen LogP contribution in [-0.2, 0) is 9.47 Å². The first-order chi connectivity index (χ1) is 19.9. The Hall–Kier alpha value is -3.71. The van der Waals surface area contributed by atoms with Crippen LogP contribution < -0.4 is 14.9 Å². The second kappa shape index (κ2) is 11.5. The molecule has 5 rings (SSSR count). The zero-order valence-corrected chi connectivity index (χ0v) is 21.4. The second-order valence-corrected chi connectivity index (χ2v) is 9.79. The lowest BCUT2D eigenvalue weighted by Crippen LogP contribution is -2.60. The number of hydrogen-bond donors (Lipinski definition) is 10. The topological polar surface area (TPSA) is 269 Å². The van der Waals surface area contributed by atoms with Crippen molar-refractivity contribution in [3.8, 4) is 40.1 Å². The Morgan fingerprint density at radius 2 is 1.50 bits per heavy atom. The molecule has 0 amide bonds. The van der Waals surface area contributed by atoms with Crippen molar-refractivity contribution < 1.29 is 74.4 Å². The largest absolute Gasteiger partial charge is 0.507 e. The first-order valence-corrected chi connectivity index (χ1v) is 12.6. The van der Waals surface area contributed by atoms with Gasteiger partial charge in [0.2, 0.25) is 23.8 Å². The van der Waals surface area contributed by atoms with Crippen molar-refractivity contribution in [2.24, 2.45) is 0 Å². The Morgan fingerprint density at radius 3 is 2.19 bits per heavy atom. The summed E-state index contributed by atoms with van der Waals surface area (Å²) in [6, 6.07) is 5.42. The van der Waals surface area contributed by atoms with Crippen LogP contribution in [0.3, 0.4) is 0 Å². The molecule has 2 saturated heterocycles. The van der Waals surface area contributed by atoms with Gasteiger partial charge in [0.1, 0.15) is 65.2 Å². The molecule has 0 spiro atoms. The molecule has 42 heavy (non-hydrogen) atoms. The summed E-state index contributed by atoms with van der Waals surface area (Å²) in [5.41, 5.74) is -1.39. The minimum absolute atomic E-state index is 0.0437. The summed E-state index contributed by atoms with van der Waals surface area (Å²) >= 11 is 0. The maximum Gasteiger partial charge on any atom is 0.239 e. The van der Waals surface area contributed by atoms with Crippen molar-refractivity contribution in [2.45, 2.75) is 55.3 Å². The lowest BCUT2D eigenvalue weighted by Gasteiger charge is -2.39. The number of benzene rings is 2. The Kier molecular flexibility index (Phi) is 8.17. The molecule has 3 aromatic rings. The number of aliphatic hydroxyl groups excluding tert-OH is 7. The van der Waals surface area contributed by atoms with E-state index in [2.05, 4.69) is 0 Å². The van der Waals surface area contributed by atoms with Crippen molar-refractivity contribution in [1.29, 1.82) is 0 Å². The summed E-state index contributed by atoms with van der Waals surface area (Å²) in [6.07, 6.45) is -14.8. The van der Waals surface area contributed by atoms with Gasteiger partial charge in [-0.05, 0) is 18.2 Å². The molecule has 9 atom stereocenters. The van der Waals surface area contributed by atoms with E-state index in [-0.39, 0.29) is 23.5 Å². The molecule has 228 valence electrons. The molecule has 16 nitrogen and oxygen atoms in total. The fourth-order valence-corrected chi connectivity index (χ4v) is 4.59. The molecule has 2 aromatic carbocycles. The maximum absolute atomic E-state index is 13.7. The van der Waals surface area contributed by atoms with Crippen LogP contribution in [0.15, 0.2) is 39.5 Å². The van der Waals surface area contributed by atoms with Crippen molar-refractivity contribution in [2.75, 3.05) is 13.2 Å². The number of hydrogen-bond acceptors (Lipinski definition) is 16. The van der Waals surface area contributed by atoms with Crippen LogP contribution in [0.4, 0.5) is 0 Å². The molecule has 0 radical (unpaired) electrons. The van der Waals surface area contributed by atoms with Crippen LogP contribution in [0.5, 0.6) is 28.7 Å². The molecule has 0 saturated carbocycles. The first kappa shape index (κ1) is 29.8. The van der Waals surface area contributed by atoms with Crippen LogP contribution in [-0.4, -0.2) is 120 Å². The number of aromatic hydroxyl groups is 3. The highest BCUT2D eigenvalue weighted by atomic mass is 16.7. The molecule has 2 aliphatic heterocycles. The Bertz CT molecular complexity index is 1500. The second-order valence-electron chi connectivity index (χ2n) is 9.79. The molecule has 16 heteroatoms. The van der Waals surface area contributed by atoms with Gasteiger partial charge in [0.15, 0.2) is 17.3 Å². The highest BCUT2D eigenvalue weighted by Gasteiger charge is 2.45. The molecule has 0 bridgehead atoms. The lowest BCUT2D eigenvalue weighted by atomic mass is 9.99. The van der Waals surface area contributed by atoms with E-state index in [1.807, 2.05) is 0 Å². The van der Waals surface area contributed by atoms with E-state index in [1.54, 1.807) is 0 Å². The molecular weight excluding hydrogens is 568 g/mol. The third-order valence-electron chi connectivity index (χ3n) is 6.93. The number of phenolic OH excluding ortho intramolecular Hbond substituents is 3. The van der Waals surface area contributed by atoms with Crippen molar-refractivity contribution >= 4 is 11.0 Å². The fraction of sp³-hybridized carbons (Fsp3) is 0.423. The molecule has 2 aliphatic rings. The Labute approximate surface area is 235 Å². The zero-order valence-electron chi connectivity index (χ0n) is 21.4. The monoisotopic (exact) mass is 596 g/mol. The van der Waals surface area contributed by atoms with Crippen molar-refractivity contribution in [3.63, 3.8) is 0 Å². The predicted molar refractivity (Wildman–Crippen MR) is 136 cm³/mol. The van der Waals surface area contributed by atoms with Crippen LogP contribution in [0, 0.1) is 0 Å². The Balaban J connectivity index is 1.61. The maximum atomic E-state index is 13.7. The van der Waals surface area contributed by atoms with Gasteiger partial charge in [-0.25, -0.2) is 0 Å². The van der Waals surface area contributed by atoms with Gasteiger partial charge in [-0.3, -0.25) is 4.79 Å². The van der Waals surface area contributed by atoms with Gasteiger partial charge in [-0.2, -0.15) is 0 Å². The van der Waals surface area contributed by atoms with Gasteiger partial charge in [-0.15, -0.1) is 0 Å².